The first-order chi connectivity index (χ1) is 13.0. The summed E-state index contributed by atoms with van der Waals surface area (Å²) in [6.07, 6.45) is 0.102. The number of nitrogens with zero attached hydrogens (tertiary/aromatic N) is 6. The number of carbonyl (C=O) groups excluding carboxylic acids is 1. The average molecular weight is 395 g/mol. The van der Waals surface area contributed by atoms with Crippen LogP contribution in [0.15, 0.2) is 5.16 Å². The number of thioether (sulfide) groups is 1. The standard InChI is InChI=1S/C16H26N8O2S/c1-5-17-13-19-14(18-6-2)24-15(20-13)21-22-16(24)27-9-12(25)23-7-10(3)26-11(4)8-23/h10-11H,5-9H2,1-4H3,(H2,17,18,19,20,21). The first kappa shape index (κ1) is 19.6. The fraction of sp³-hybridized carbons (Fsp3) is 0.688. The molecule has 11 heteroatoms. The van der Waals surface area contributed by atoms with E-state index in [-0.39, 0.29) is 23.9 Å². The predicted molar refractivity (Wildman–Crippen MR) is 104 cm³/mol. The van der Waals surface area contributed by atoms with Crippen LogP contribution in [0.25, 0.3) is 5.78 Å². The molecular weight excluding hydrogens is 368 g/mol. The normalized spacial score (nSPS) is 20.1. The van der Waals surface area contributed by atoms with Gasteiger partial charge in [-0.2, -0.15) is 9.97 Å². The zero-order chi connectivity index (χ0) is 19.4. The minimum absolute atomic E-state index is 0.0508. The van der Waals surface area contributed by atoms with Gasteiger partial charge < -0.3 is 20.3 Å². The smallest absolute Gasteiger partial charge is 0.261 e. The van der Waals surface area contributed by atoms with E-state index in [1.807, 2.05) is 32.6 Å². The molecule has 3 heterocycles. The molecule has 0 aromatic carbocycles. The highest BCUT2D eigenvalue weighted by atomic mass is 32.2. The van der Waals surface area contributed by atoms with Gasteiger partial charge in [-0.15, -0.1) is 10.2 Å². The highest BCUT2D eigenvalue weighted by molar-refractivity contribution is 7.99. The lowest BCUT2D eigenvalue weighted by Gasteiger charge is -2.35. The molecule has 148 valence electrons. The Morgan fingerprint density at radius 3 is 2.52 bits per heavy atom. The molecule has 0 bridgehead atoms. The first-order valence-electron chi connectivity index (χ1n) is 9.18. The van der Waals surface area contributed by atoms with Gasteiger partial charge in [0.05, 0.1) is 18.0 Å². The second-order valence-corrected chi connectivity index (χ2v) is 7.34. The number of nitrogens with one attached hydrogen (secondary N) is 2. The zero-order valence-electron chi connectivity index (χ0n) is 16.1. The quantitative estimate of drug-likeness (QED) is 0.667. The van der Waals surface area contributed by atoms with Crippen LogP contribution in [0.1, 0.15) is 27.7 Å². The third-order valence-corrected chi connectivity index (χ3v) is 4.93. The zero-order valence-corrected chi connectivity index (χ0v) is 16.9. The van der Waals surface area contributed by atoms with Crippen LogP contribution in [0, 0.1) is 0 Å². The number of hydrogen-bond acceptors (Lipinski definition) is 9. The van der Waals surface area contributed by atoms with E-state index in [0.29, 0.717) is 49.0 Å². The SMILES string of the molecule is CCNc1nc(NCC)n2c(SCC(=O)N3CC(C)OC(C)C3)nnc2n1. The van der Waals surface area contributed by atoms with Gasteiger partial charge in [0, 0.05) is 26.2 Å². The molecule has 2 atom stereocenters. The molecule has 0 radical (unpaired) electrons. The molecule has 2 aromatic heterocycles. The van der Waals surface area contributed by atoms with Crippen molar-refractivity contribution in [2.75, 3.05) is 42.6 Å². The third-order valence-electron chi connectivity index (χ3n) is 4.01. The number of carbonyl (C=O) groups is 1. The topological polar surface area (TPSA) is 110 Å². The van der Waals surface area contributed by atoms with E-state index in [4.69, 9.17) is 4.74 Å². The number of fused-ring (bicyclic) bond motifs is 1. The van der Waals surface area contributed by atoms with Crippen LogP contribution < -0.4 is 10.6 Å². The van der Waals surface area contributed by atoms with Gasteiger partial charge in [0.1, 0.15) is 0 Å². The fourth-order valence-electron chi connectivity index (χ4n) is 3.00. The van der Waals surface area contributed by atoms with Crippen molar-refractivity contribution in [3.63, 3.8) is 0 Å². The summed E-state index contributed by atoms with van der Waals surface area (Å²) in [4.78, 5) is 23.3. The Kier molecular flexibility index (Phi) is 6.32. The molecular formula is C16H26N8O2S. The van der Waals surface area contributed by atoms with Gasteiger partial charge >= 0.3 is 0 Å². The Bertz CT molecular complexity index is 788. The molecule has 2 aromatic rings. The van der Waals surface area contributed by atoms with E-state index in [1.54, 1.807) is 4.40 Å². The van der Waals surface area contributed by atoms with E-state index in [2.05, 4.69) is 30.8 Å². The van der Waals surface area contributed by atoms with Crippen molar-refractivity contribution < 1.29 is 9.53 Å². The van der Waals surface area contributed by atoms with Crippen molar-refractivity contribution in [2.24, 2.45) is 0 Å². The first-order valence-corrected chi connectivity index (χ1v) is 10.2. The predicted octanol–water partition coefficient (Wildman–Crippen LogP) is 1.11. The summed E-state index contributed by atoms with van der Waals surface area (Å²) < 4.78 is 7.43. The summed E-state index contributed by atoms with van der Waals surface area (Å²) in [6, 6.07) is 0. The van der Waals surface area contributed by atoms with Crippen molar-refractivity contribution in [1.82, 2.24) is 29.5 Å². The molecule has 0 aliphatic carbocycles. The minimum Gasteiger partial charge on any atom is -0.372 e. The van der Waals surface area contributed by atoms with Crippen LogP contribution in [0.2, 0.25) is 0 Å². The molecule has 27 heavy (non-hydrogen) atoms. The van der Waals surface area contributed by atoms with Crippen LogP contribution in [0.4, 0.5) is 11.9 Å². The number of rotatable bonds is 7. The van der Waals surface area contributed by atoms with Gasteiger partial charge in [-0.05, 0) is 27.7 Å². The van der Waals surface area contributed by atoms with Gasteiger partial charge in [0.15, 0.2) is 5.16 Å². The number of hydrogen-bond donors (Lipinski definition) is 2. The van der Waals surface area contributed by atoms with Crippen molar-refractivity contribution in [3.8, 4) is 0 Å². The molecule has 2 N–H and O–H groups in total. The van der Waals surface area contributed by atoms with Crippen LogP contribution in [0.5, 0.6) is 0 Å². The van der Waals surface area contributed by atoms with E-state index >= 15 is 0 Å². The molecule has 1 aliphatic rings. The van der Waals surface area contributed by atoms with E-state index in [0.717, 1.165) is 0 Å². The number of amides is 1. The number of anilines is 2. The molecule has 0 saturated carbocycles. The Balaban J connectivity index is 1.75. The van der Waals surface area contributed by atoms with Gasteiger partial charge in [-0.3, -0.25) is 4.79 Å². The summed E-state index contributed by atoms with van der Waals surface area (Å²) in [7, 11) is 0. The number of aromatic nitrogens is 5. The second kappa shape index (κ2) is 8.70. The van der Waals surface area contributed by atoms with Crippen LogP contribution in [-0.4, -0.2) is 79.5 Å². The van der Waals surface area contributed by atoms with E-state index in [9.17, 15) is 4.79 Å². The molecule has 3 rings (SSSR count). The maximum atomic E-state index is 12.6. The molecule has 1 amide bonds. The van der Waals surface area contributed by atoms with E-state index < -0.39 is 0 Å². The minimum atomic E-state index is 0.0508. The van der Waals surface area contributed by atoms with Crippen molar-refractivity contribution in [2.45, 2.75) is 45.1 Å². The van der Waals surface area contributed by atoms with Crippen molar-refractivity contribution >= 4 is 35.3 Å². The molecule has 10 nitrogen and oxygen atoms in total. The summed E-state index contributed by atoms with van der Waals surface area (Å²) in [5.41, 5.74) is 0. The van der Waals surface area contributed by atoms with Crippen LogP contribution in [-0.2, 0) is 9.53 Å². The number of ether oxygens (including phenoxy) is 1. The average Bonchev–Trinajstić information content (AvgIpc) is 3.02. The monoisotopic (exact) mass is 394 g/mol. The van der Waals surface area contributed by atoms with Gasteiger partial charge in [-0.1, -0.05) is 11.8 Å². The Morgan fingerprint density at radius 2 is 1.85 bits per heavy atom. The summed E-state index contributed by atoms with van der Waals surface area (Å²) in [6.45, 7) is 10.6. The van der Waals surface area contributed by atoms with Gasteiger partial charge in [-0.25, -0.2) is 4.40 Å². The lowest BCUT2D eigenvalue weighted by Crippen LogP contribution is -2.48. The van der Waals surface area contributed by atoms with Crippen LogP contribution in [0.3, 0.4) is 0 Å². The maximum Gasteiger partial charge on any atom is 0.261 e. The fourth-order valence-corrected chi connectivity index (χ4v) is 3.83. The molecule has 0 spiro atoms. The Hall–Kier alpha value is -2.14. The van der Waals surface area contributed by atoms with Crippen molar-refractivity contribution in [3.05, 3.63) is 0 Å². The lowest BCUT2D eigenvalue weighted by molar-refractivity contribution is -0.140. The molecule has 1 aliphatic heterocycles. The Labute approximate surface area is 162 Å². The van der Waals surface area contributed by atoms with E-state index in [1.165, 1.54) is 11.8 Å². The Morgan fingerprint density at radius 1 is 1.15 bits per heavy atom. The molecule has 2 unspecified atom stereocenters. The molecule has 1 saturated heterocycles. The van der Waals surface area contributed by atoms with Gasteiger partial charge in [0.2, 0.25) is 17.8 Å². The van der Waals surface area contributed by atoms with Gasteiger partial charge in [0.25, 0.3) is 5.78 Å². The second-order valence-electron chi connectivity index (χ2n) is 6.39. The highest BCUT2D eigenvalue weighted by Crippen LogP contribution is 2.22. The summed E-state index contributed by atoms with van der Waals surface area (Å²) in [5, 5.41) is 15.2. The highest BCUT2D eigenvalue weighted by Gasteiger charge is 2.26. The number of morpholine rings is 1. The third kappa shape index (κ3) is 4.59. The lowest BCUT2D eigenvalue weighted by atomic mass is 10.2. The summed E-state index contributed by atoms with van der Waals surface area (Å²) >= 11 is 1.34. The molecule has 1 fully saturated rings. The largest absolute Gasteiger partial charge is 0.372 e. The maximum absolute atomic E-state index is 12.6. The van der Waals surface area contributed by atoms with Crippen LogP contribution >= 0.6 is 11.8 Å². The summed E-state index contributed by atoms with van der Waals surface area (Å²) in [5.74, 6) is 1.89. The van der Waals surface area contributed by atoms with Crippen molar-refractivity contribution in [1.29, 1.82) is 0 Å².